The molecule has 0 amide bonds. The maximum Gasteiger partial charge on any atom is 2.00 e. The Morgan fingerprint density at radius 2 is 1.25 bits per heavy atom. The third-order valence-electron chi connectivity index (χ3n) is 0. The van der Waals surface area contributed by atoms with Gasteiger partial charge >= 0.3 is 138 Å². The molecule has 0 saturated heterocycles. The number of hydrogen-bond donors (Lipinski definition) is 0. The Balaban J connectivity index is 0. The fourth-order valence-electron chi connectivity index (χ4n) is 0. The number of hydrogen-bond acceptors (Lipinski definition) is 0. The standard InChI is InChI=1S/Ba.Ca.K.H2O.5H/h;;;1H2;;;;;/q2*+2;+1;;5*-1. The summed E-state index contributed by atoms with van der Waals surface area (Å²) in [6.45, 7) is 0. The van der Waals surface area contributed by atoms with Crippen LogP contribution in [-0.4, -0.2) is 92.1 Å². The Morgan fingerprint density at radius 3 is 1.25 bits per heavy atom. The predicted octanol–water partition coefficient (Wildman–Crippen LogP) is -4.02. The first kappa shape index (κ1) is 23.7. The summed E-state index contributed by atoms with van der Waals surface area (Å²) >= 11 is 0. The molecule has 0 atom stereocenters. The van der Waals surface area contributed by atoms with Gasteiger partial charge in [-0.25, -0.2) is 0 Å². The van der Waals surface area contributed by atoms with E-state index >= 15 is 0 Å². The van der Waals surface area contributed by atoms with Crippen LogP contribution in [0.2, 0.25) is 0 Å². The molecule has 0 spiro atoms. The van der Waals surface area contributed by atoms with E-state index in [1.165, 1.54) is 0 Å². The first-order valence-electron chi connectivity index (χ1n) is 0. The molecule has 4 heavy (non-hydrogen) atoms. The van der Waals surface area contributed by atoms with Gasteiger partial charge in [0.15, 0.2) is 0 Å². The van der Waals surface area contributed by atoms with Crippen LogP contribution in [0.5, 0.6) is 0 Å². The summed E-state index contributed by atoms with van der Waals surface area (Å²) < 4.78 is 0. The van der Waals surface area contributed by atoms with Crippen LogP contribution >= 0.6 is 0 Å². The van der Waals surface area contributed by atoms with Crippen LogP contribution < -0.4 is 51.4 Å². The molecule has 2 N–H and O–H groups in total. The predicted molar refractivity (Wildman–Crippen MR) is 20.7 cm³/mol. The van der Waals surface area contributed by atoms with Gasteiger partial charge in [0.05, 0.1) is 0 Å². The molecule has 0 aromatic heterocycles. The maximum atomic E-state index is 0. The molecular formula is H7BaCaKO. The largest absolute Gasteiger partial charge is 2.00 e. The van der Waals surface area contributed by atoms with Gasteiger partial charge in [-0.15, -0.1) is 0 Å². The van der Waals surface area contributed by atoms with Gasteiger partial charge in [0.2, 0.25) is 0 Å². The quantitative estimate of drug-likeness (QED) is 0.386. The van der Waals surface area contributed by atoms with E-state index in [0.29, 0.717) is 0 Å². The average molecular weight is 240 g/mol. The summed E-state index contributed by atoms with van der Waals surface area (Å²) in [5, 5.41) is 0. The van der Waals surface area contributed by atoms with E-state index in [1.807, 2.05) is 0 Å². The van der Waals surface area contributed by atoms with Crippen LogP contribution in [0.25, 0.3) is 0 Å². The van der Waals surface area contributed by atoms with Crippen molar-refractivity contribution in [3.63, 3.8) is 0 Å². The SMILES string of the molecule is O.[Ba+2].[Ca+2].[H-].[H-].[H-].[H-].[H-].[K+]. The molecule has 18 valence electrons. The Labute approximate surface area is 146 Å². The summed E-state index contributed by atoms with van der Waals surface area (Å²) in [7, 11) is 0. The van der Waals surface area contributed by atoms with Gasteiger partial charge in [-0.2, -0.15) is 0 Å². The van der Waals surface area contributed by atoms with E-state index in [-0.39, 0.29) is 151 Å². The minimum Gasteiger partial charge on any atom is -1.00 e. The number of rotatable bonds is 0. The molecule has 0 aromatic carbocycles. The molecule has 0 unspecified atom stereocenters. The molecular weight excluding hydrogens is 233 g/mol. The van der Waals surface area contributed by atoms with Crippen molar-refractivity contribution < 1.29 is 64.0 Å². The van der Waals surface area contributed by atoms with Gasteiger partial charge in [0, 0.05) is 0 Å². The van der Waals surface area contributed by atoms with E-state index in [2.05, 4.69) is 0 Å². The fourth-order valence-corrected chi connectivity index (χ4v) is 0. The molecule has 0 aliphatic rings. The van der Waals surface area contributed by atoms with Gasteiger partial charge in [0.25, 0.3) is 0 Å². The fraction of sp³-hybridized carbons (Fsp3) is 0. The monoisotopic (exact) mass is 240 g/mol. The molecule has 4 heteroatoms. The minimum absolute atomic E-state index is 0. The summed E-state index contributed by atoms with van der Waals surface area (Å²) in [5.41, 5.74) is 0. The summed E-state index contributed by atoms with van der Waals surface area (Å²) in [6, 6.07) is 0. The molecule has 0 radical (unpaired) electrons. The summed E-state index contributed by atoms with van der Waals surface area (Å²) in [6.07, 6.45) is 0. The van der Waals surface area contributed by atoms with Crippen molar-refractivity contribution in [2.45, 2.75) is 0 Å². The van der Waals surface area contributed by atoms with Crippen LogP contribution in [0.1, 0.15) is 7.13 Å². The minimum atomic E-state index is 0. The van der Waals surface area contributed by atoms with E-state index in [1.54, 1.807) is 0 Å². The van der Waals surface area contributed by atoms with E-state index < -0.39 is 0 Å². The molecule has 0 aromatic rings. The first-order chi connectivity index (χ1) is 0. The molecule has 0 fully saturated rings. The molecule has 1 nitrogen and oxygen atoms in total. The van der Waals surface area contributed by atoms with Crippen molar-refractivity contribution in [1.82, 2.24) is 0 Å². The smallest absolute Gasteiger partial charge is 1.00 e. The van der Waals surface area contributed by atoms with Crippen LogP contribution in [0, 0.1) is 0 Å². The molecule has 0 aliphatic carbocycles. The third-order valence-corrected chi connectivity index (χ3v) is 0. The van der Waals surface area contributed by atoms with Crippen LogP contribution in [0.4, 0.5) is 0 Å². The zero-order chi connectivity index (χ0) is 0. The van der Waals surface area contributed by atoms with Crippen molar-refractivity contribution in [2.75, 3.05) is 0 Å². The molecule has 0 saturated carbocycles. The summed E-state index contributed by atoms with van der Waals surface area (Å²) in [5.74, 6) is 0. The van der Waals surface area contributed by atoms with Crippen molar-refractivity contribution >= 4 is 86.6 Å². The molecule has 0 rings (SSSR count). The Bertz CT molecular complexity index is 16.9. The van der Waals surface area contributed by atoms with Crippen molar-refractivity contribution in [3.05, 3.63) is 0 Å². The van der Waals surface area contributed by atoms with Gasteiger partial charge < -0.3 is 12.6 Å². The van der Waals surface area contributed by atoms with Gasteiger partial charge in [-0.1, -0.05) is 0 Å². The van der Waals surface area contributed by atoms with Crippen molar-refractivity contribution in [2.24, 2.45) is 0 Å². The Hall–Kier alpha value is 4.43. The molecule has 0 aliphatic heterocycles. The van der Waals surface area contributed by atoms with E-state index in [9.17, 15) is 0 Å². The van der Waals surface area contributed by atoms with Crippen LogP contribution in [0.3, 0.4) is 0 Å². The van der Waals surface area contributed by atoms with Crippen LogP contribution in [-0.2, 0) is 0 Å². The maximum absolute atomic E-state index is 0. The first-order valence-corrected chi connectivity index (χ1v) is 0. The van der Waals surface area contributed by atoms with Gasteiger partial charge in [-0.3, -0.25) is 0 Å². The Morgan fingerprint density at radius 1 is 1.25 bits per heavy atom. The zero-order valence-electron chi connectivity index (χ0n) is 7.91. The van der Waals surface area contributed by atoms with E-state index in [4.69, 9.17) is 0 Å². The van der Waals surface area contributed by atoms with Gasteiger partial charge in [-0.05, 0) is 0 Å². The molecule has 0 heterocycles. The van der Waals surface area contributed by atoms with E-state index in [0.717, 1.165) is 0 Å². The van der Waals surface area contributed by atoms with Crippen molar-refractivity contribution in [3.8, 4) is 0 Å². The van der Waals surface area contributed by atoms with Crippen LogP contribution in [0.15, 0.2) is 0 Å². The Kier molecular flexibility index (Phi) is 92.8. The van der Waals surface area contributed by atoms with Crippen molar-refractivity contribution in [1.29, 1.82) is 0 Å². The second-order valence-electron chi connectivity index (χ2n) is 0. The molecule has 0 bridgehead atoms. The average Bonchev–Trinajstić information content (AvgIpc) is 0. The normalized spacial score (nSPS) is 0. The zero-order valence-corrected chi connectivity index (χ0v) is 12.7. The topological polar surface area (TPSA) is 31.5 Å². The second-order valence-corrected chi connectivity index (χ2v) is 0. The summed E-state index contributed by atoms with van der Waals surface area (Å²) in [4.78, 5) is 0. The van der Waals surface area contributed by atoms with Gasteiger partial charge in [0.1, 0.15) is 0 Å². The third kappa shape index (κ3) is 9.66. The second kappa shape index (κ2) is 15.7.